The second-order valence-corrected chi connectivity index (χ2v) is 4.88. The van der Waals surface area contributed by atoms with Gasteiger partial charge >= 0.3 is 5.71 Å². The van der Waals surface area contributed by atoms with Crippen LogP contribution in [0.3, 0.4) is 0 Å². The Labute approximate surface area is 92.4 Å². The first-order chi connectivity index (χ1) is 7.54. The Balaban J connectivity index is 2.74. The van der Waals surface area contributed by atoms with Gasteiger partial charge in [-0.2, -0.15) is 13.2 Å². The monoisotopic (exact) mass is 236 g/mol. The van der Waals surface area contributed by atoms with Gasteiger partial charge in [0.2, 0.25) is 5.25 Å². The van der Waals surface area contributed by atoms with Crippen molar-refractivity contribution in [1.82, 2.24) is 0 Å². The van der Waals surface area contributed by atoms with Crippen LogP contribution in [0.5, 0.6) is 0 Å². The lowest BCUT2D eigenvalue weighted by Gasteiger charge is -2.15. The molecule has 1 aromatic rings. The molecule has 0 saturated heterocycles. The zero-order chi connectivity index (χ0) is 11.8. The van der Waals surface area contributed by atoms with E-state index in [0.29, 0.717) is 11.1 Å². The maximum atomic E-state index is 11.2. The van der Waals surface area contributed by atoms with Crippen molar-refractivity contribution in [2.45, 2.75) is 5.25 Å². The van der Waals surface area contributed by atoms with Crippen LogP contribution in [-0.4, -0.2) is 23.5 Å². The average molecular weight is 236 g/mol. The van der Waals surface area contributed by atoms with E-state index in [9.17, 15) is 8.42 Å². The van der Waals surface area contributed by atoms with Gasteiger partial charge in [-0.3, -0.25) is 4.55 Å². The quantitative estimate of drug-likeness (QED) is 0.452. The molecule has 16 heavy (non-hydrogen) atoms. The molecule has 2 rings (SSSR count). The molecule has 1 aliphatic rings. The van der Waals surface area contributed by atoms with Gasteiger partial charge in [-0.05, 0) is 17.2 Å². The van der Waals surface area contributed by atoms with Gasteiger partial charge in [0, 0.05) is 6.08 Å². The van der Waals surface area contributed by atoms with Gasteiger partial charge < -0.3 is 5.53 Å². The van der Waals surface area contributed by atoms with Crippen molar-refractivity contribution in [3.63, 3.8) is 0 Å². The molecule has 1 aliphatic carbocycles. The van der Waals surface area contributed by atoms with Crippen molar-refractivity contribution in [2.75, 3.05) is 0 Å². The summed E-state index contributed by atoms with van der Waals surface area (Å²) in [5, 5.41) is -1.32. The molecule has 6 heteroatoms. The lowest BCUT2D eigenvalue weighted by molar-refractivity contribution is -0.00612. The Morgan fingerprint density at radius 2 is 1.94 bits per heavy atom. The van der Waals surface area contributed by atoms with Gasteiger partial charge in [0.1, 0.15) is 0 Å². The molecule has 82 valence electrons. The lowest BCUT2D eigenvalue weighted by Crippen LogP contribution is -2.24. The highest BCUT2D eigenvalue weighted by atomic mass is 32.2. The number of hydrogen-bond donors (Lipinski definition) is 1. The number of nitrogens with zero attached hydrogens (tertiary/aromatic N) is 2. The fourth-order valence-corrected chi connectivity index (χ4v) is 2.69. The fourth-order valence-electron chi connectivity index (χ4n) is 1.72. The van der Waals surface area contributed by atoms with Gasteiger partial charge in [-0.15, -0.1) is 0 Å². The molecular formula is C10H8N2O3S. The molecule has 0 aliphatic heterocycles. The molecule has 0 radical (unpaired) electrons. The molecule has 0 amide bonds. The van der Waals surface area contributed by atoms with E-state index in [4.69, 9.17) is 10.1 Å². The first-order valence-corrected chi connectivity index (χ1v) is 5.99. The van der Waals surface area contributed by atoms with Crippen LogP contribution in [0.15, 0.2) is 30.3 Å². The molecule has 5 nitrogen and oxygen atoms in total. The molecule has 0 saturated carbocycles. The number of rotatable bonds is 1. The fraction of sp³-hybridized carbons (Fsp3) is 0.100. The van der Waals surface area contributed by atoms with Crippen molar-refractivity contribution >= 4 is 21.9 Å². The summed E-state index contributed by atoms with van der Waals surface area (Å²) < 4.78 is 31.6. The molecule has 0 aromatic heterocycles. The summed E-state index contributed by atoms with van der Waals surface area (Å²) in [7, 11) is -4.34. The van der Waals surface area contributed by atoms with Crippen LogP contribution in [0.1, 0.15) is 16.4 Å². The molecule has 1 atom stereocenters. The summed E-state index contributed by atoms with van der Waals surface area (Å²) in [4.78, 5) is 2.88. The zero-order valence-corrected chi connectivity index (χ0v) is 8.92. The predicted octanol–water partition coefficient (Wildman–Crippen LogP) is 1.31. The summed E-state index contributed by atoms with van der Waals surface area (Å²) in [6, 6.07) is 6.71. The minimum Gasteiger partial charge on any atom is -0.361 e. The van der Waals surface area contributed by atoms with Crippen LogP contribution in [0.25, 0.3) is 11.6 Å². The van der Waals surface area contributed by atoms with Crippen LogP contribution >= 0.6 is 0 Å². The molecule has 0 fully saturated rings. The second kappa shape index (κ2) is 3.68. The van der Waals surface area contributed by atoms with Crippen LogP contribution in [0.2, 0.25) is 0 Å². The van der Waals surface area contributed by atoms with Crippen molar-refractivity contribution in [3.05, 3.63) is 47.0 Å². The highest BCUT2D eigenvalue weighted by Crippen LogP contribution is 2.30. The number of allylic oxidation sites excluding steroid dienone is 1. The molecule has 1 N–H and O–H groups in total. The Morgan fingerprint density at radius 3 is 2.56 bits per heavy atom. The third-order valence-electron chi connectivity index (χ3n) is 2.39. The first-order valence-electron chi connectivity index (χ1n) is 4.49. The summed E-state index contributed by atoms with van der Waals surface area (Å²) >= 11 is 0. The van der Waals surface area contributed by atoms with E-state index in [0.717, 1.165) is 0 Å². The highest BCUT2D eigenvalue weighted by Gasteiger charge is 2.38. The van der Waals surface area contributed by atoms with E-state index in [2.05, 4.69) is 4.79 Å². The maximum absolute atomic E-state index is 11.2. The Kier molecular flexibility index (Phi) is 2.47. The normalized spacial score (nSPS) is 19.1. The molecule has 1 aromatic carbocycles. The maximum Gasteiger partial charge on any atom is 0.317 e. The number of benzene rings is 1. The van der Waals surface area contributed by atoms with E-state index < -0.39 is 15.4 Å². The topological polar surface area (TPSA) is 90.8 Å². The van der Waals surface area contributed by atoms with Gasteiger partial charge in [0.05, 0.1) is 0 Å². The van der Waals surface area contributed by atoms with Gasteiger partial charge in [-0.1, -0.05) is 24.3 Å². The van der Waals surface area contributed by atoms with Gasteiger partial charge in [0.25, 0.3) is 10.1 Å². The van der Waals surface area contributed by atoms with E-state index in [-0.39, 0.29) is 5.71 Å². The zero-order valence-electron chi connectivity index (χ0n) is 8.11. The summed E-state index contributed by atoms with van der Waals surface area (Å²) in [5.74, 6) is 0. The average Bonchev–Trinajstić information content (AvgIpc) is 2.26. The minimum absolute atomic E-state index is 0.0961. The van der Waals surface area contributed by atoms with Crippen molar-refractivity contribution in [3.8, 4) is 0 Å². The van der Waals surface area contributed by atoms with E-state index in [1.54, 1.807) is 30.3 Å². The molecule has 1 unspecified atom stereocenters. The molecular weight excluding hydrogens is 228 g/mol. The van der Waals surface area contributed by atoms with Gasteiger partial charge in [-0.25, -0.2) is 0 Å². The van der Waals surface area contributed by atoms with Crippen LogP contribution in [0, 0.1) is 0 Å². The Morgan fingerprint density at radius 1 is 1.25 bits per heavy atom. The van der Waals surface area contributed by atoms with Crippen molar-refractivity contribution < 1.29 is 17.8 Å². The first kappa shape index (κ1) is 10.8. The van der Waals surface area contributed by atoms with E-state index in [1.807, 2.05) is 0 Å². The van der Waals surface area contributed by atoms with Crippen LogP contribution < -0.4 is 0 Å². The van der Waals surface area contributed by atoms with Crippen LogP contribution in [-0.2, 0) is 10.1 Å². The van der Waals surface area contributed by atoms with E-state index in [1.165, 1.54) is 6.08 Å². The van der Waals surface area contributed by atoms with Crippen LogP contribution in [0.4, 0.5) is 0 Å². The number of fused-ring (bicyclic) bond motifs is 1. The highest BCUT2D eigenvalue weighted by molar-refractivity contribution is 7.86. The SMILES string of the molecule is [N-]=[N+]=C1C=Cc2ccccc2C1S(=O)(=O)O. The third-order valence-corrected chi connectivity index (χ3v) is 3.49. The minimum atomic E-state index is -4.34. The Hall–Kier alpha value is -1.75. The molecule has 0 spiro atoms. The standard InChI is InChI=1S/C10H8N2O3S/c11-12-9-6-5-7-3-1-2-4-8(7)10(9)16(13,14)15/h1-6,10H,(H,13,14,15). The van der Waals surface area contributed by atoms with Crippen molar-refractivity contribution in [1.29, 1.82) is 0 Å². The second-order valence-electron chi connectivity index (χ2n) is 3.38. The smallest absolute Gasteiger partial charge is 0.317 e. The Bertz CT molecular complexity index is 613. The summed E-state index contributed by atoms with van der Waals surface area (Å²) in [5.41, 5.74) is 9.70. The third kappa shape index (κ3) is 1.69. The van der Waals surface area contributed by atoms with E-state index >= 15 is 0 Å². The lowest BCUT2D eigenvalue weighted by atomic mass is 9.96. The summed E-state index contributed by atoms with van der Waals surface area (Å²) in [6.07, 6.45) is 2.99. The predicted molar refractivity (Wildman–Crippen MR) is 58.4 cm³/mol. The summed E-state index contributed by atoms with van der Waals surface area (Å²) in [6.45, 7) is 0. The molecule has 0 heterocycles. The number of hydrogen-bond acceptors (Lipinski definition) is 2. The van der Waals surface area contributed by atoms with Gasteiger partial charge in [0.15, 0.2) is 0 Å². The largest absolute Gasteiger partial charge is 0.361 e. The van der Waals surface area contributed by atoms with Crippen molar-refractivity contribution in [2.24, 2.45) is 0 Å². The molecule has 0 bridgehead atoms.